The zero-order valence-corrected chi connectivity index (χ0v) is 14.1. The van der Waals surface area contributed by atoms with Crippen molar-refractivity contribution >= 4 is 23.4 Å². The van der Waals surface area contributed by atoms with Crippen LogP contribution in [-0.2, 0) is 11.0 Å². The fourth-order valence-corrected chi connectivity index (χ4v) is 2.73. The van der Waals surface area contributed by atoms with Crippen LogP contribution in [0, 0.1) is 0 Å². The van der Waals surface area contributed by atoms with Crippen LogP contribution in [0.1, 0.15) is 5.56 Å². The standard InChI is InChI=1S/C17H13F3N4OS/c18-17(19,20)12-7-4-8-13(9-12)21-14(25)10-26-16-22-15(23-24-16)11-5-2-1-3-6-11/h1-9H,10H2,(H,21,25)(H,22,23,24). The normalized spacial score (nSPS) is 11.3. The van der Waals surface area contributed by atoms with E-state index in [0.717, 1.165) is 29.5 Å². The van der Waals surface area contributed by atoms with Crippen molar-refractivity contribution in [2.75, 3.05) is 11.1 Å². The number of nitrogens with zero attached hydrogens (tertiary/aromatic N) is 2. The molecule has 1 amide bonds. The monoisotopic (exact) mass is 378 g/mol. The summed E-state index contributed by atoms with van der Waals surface area (Å²) in [5.74, 6) is 0.106. The lowest BCUT2D eigenvalue weighted by Gasteiger charge is -2.09. The molecule has 0 fully saturated rings. The van der Waals surface area contributed by atoms with Crippen LogP contribution in [0.3, 0.4) is 0 Å². The lowest BCUT2D eigenvalue weighted by Crippen LogP contribution is -2.15. The Morgan fingerprint density at radius 3 is 2.62 bits per heavy atom. The largest absolute Gasteiger partial charge is 0.416 e. The van der Waals surface area contributed by atoms with Crippen LogP contribution in [-0.4, -0.2) is 26.8 Å². The molecule has 1 aromatic heterocycles. The van der Waals surface area contributed by atoms with Crippen LogP contribution in [0.2, 0.25) is 0 Å². The molecule has 0 atom stereocenters. The Balaban J connectivity index is 1.57. The molecule has 0 radical (unpaired) electrons. The van der Waals surface area contributed by atoms with Crippen molar-refractivity contribution in [1.82, 2.24) is 15.2 Å². The van der Waals surface area contributed by atoms with E-state index >= 15 is 0 Å². The molecular formula is C17H13F3N4OS. The van der Waals surface area contributed by atoms with Crippen molar-refractivity contribution in [1.29, 1.82) is 0 Å². The van der Waals surface area contributed by atoms with Gasteiger partial charge in [0.2, 0.25) is 11.1 Å². The summed E-state index contributed by atoms with van der Waals surface area (Å²) in [4.78, 5) is 16.2. The topological polar surface area (TPSA) is 70.7 Å². The third-order valence-corrected chi connectivity index (χ3v) is 4.17. The van der Waals surface area contributed by atoms with E-state index < -0.39 is 17.6 Å². The number of nitrogens with one attached hydrogen (secondary N) is 2. The van der Waals surface area contributed by atoms with Crippen molar-refractivity contribution in [3.63, 3.8) is 0 Å². The first-order valence-corrected chi connectivity index (χ1v) is 8.48. The van der Waals surface area contributed by atoms with Crippen LogP contribution in [0.4, 0.5) is 18.9 Å². The Morgan fingerprint density at radius 2 is 1.88 bits per heavy atom. The number of thioether (sulfide) groups is 1. The van der Waals surface area contributed by atoms with Crippen molar-refractivity contribution in [2.24, 2.45) is 0 Å². The van der Waals surface area contributed by atoms with Gasteiger partial charge in [-0.3, -0.25) is 9.89 Å². The van der Waals surface area contributed by atoms with Gasteiger partial charge in [0.25, 0.3) is 0 Å². The summed E-state index contributed by atoms with van der Waals surface area (Å²) >= 11 is 1.09. The molecule has 0 saturated carbocycles. The van der Waals surface area contributed by atoms with Gasteiger partial charge in [-0.05, 0) is 18.2 Å². The van der Waals surface area contributed by atoms with E-state index in [1.807, 2.05) is 30.3 Å². The van der Waals surface area contributed by atoms with E-state index in [9.17, 15) is 18.0 Å². The van der Waals surface area contributed by atoms with Crippen molar-refractivity contribution in [2.45, 2.75) is 11.3 Å². The highest BCUT2D eigenvalue weighted by Gasteiger charge is 2.30. The maximum atomic E-state index is 12.7. The highest BCUT2D eigenvalue weighted by Crippen LogP contribution is 2.30. The molecule has 0 aliphatic heterocycles. The SMILES string of the molecule is O=C(CSc1n[nH]c(-c2ccccc2)n1)Nc1cccc(C(F)(F)F)c1. The molecule has 5 nitrogen and oxygen atoms in total. The average molecular weight is 378 g/mol. The van der Waals surface area contributed by atoms with Gasteiger partial charge in [-0.1, -0.05) is 48.2 Å². The summed E-state index contributed by atoms with van der Waals surface area (Å²) in [7, 11) is 0. The van der Waals surface area contributed by atoms with Crippen molar-refractivity contribution in [3.8, 4) is 11.4 Å². The quantitative estimate of drug-likeness (QED) is 0.652. The minimum atomic E-state index is -4.46. The predicted octanol–water partition coefficient (Wildman–Crippen LogP) is 4.22. The van der Waals surface area contributed by atoms with Gasteiger partial charge < -0.3 is 5.32 Å². The van der Waals surface area contributed by atoms with E-state index in [-0.39, 0.29) is 11.4 Å². The fourth-order valence-electron chi connectivity index (χ4n) is 2.14. The number of benzene rings is 2. The van der Waals surface area contributed by atoms with Crippen LogP contribution < -0.4 is 5.32 Å². The zero-order chi connectivity index (χ0) is 18.6. The summed E-state index contributed by atoms with van der Waals surface area (Å²) in [6, 6.07) is 13.8. The van der Waals surface area contributed by atoms with Crippen molar-refractivity contribution < 1.29 is 18.0 Å². The molecule has 2 N–H and O–H groups in total. The smallest absolute Gasteiger partial charge is 0.325 e. The van der Waals surface area contributed by atoms with E-state index in [2.05, 4.69) is 20.5 Å². The first kappa shape index (κ1) is 18.0. The van der Waals surface area contributed by atoms with Gasteiger partial charge in [0.15, 0.2) is 5.82 Å². The number of aromatic nitrogens is 3. The molecular weight excluding hydrogens is 365 g/mol. The molecule has 134 valence electrons. The molecule has 0 saturated heterocycles. The second-order valence-corrected chi connectivity index (χ2v) is 6.19. The predicted molar refractivity (Wildman–Crippen MR) is 92.6 cm³/mol. The van der Waals surface area contributed by atoms with Crippen LogP contribution in [0.15, 0.2) is 59.8 Å². The molecule has 1 heterocycles. The molecule has 0 unspecified atom stereocenters. The molecule has 0 aliphatic rings. The van der Waals surface area contributed by atoms with E-state index in [4.69, 9.17) is 0 Å². The second-order valence-electron chi connectivity index (χ2n) is 5.25. The average Bonchev–Trinajstić information content (AvgIpc) is 3.09. The Labute approximate surface area is 151 Å². The molecule has 26 heavy (non-hydrogen) atoms. The Morgan fingerprint density at radius 1 is 1.12 bits per heavy atom. The van der Waals surface area contributed by atoms with Crippen molar-refractivity contribution in [3.05, 3.63) is 60.2 Å². The van der Waals surface area contributed by atoms with Gasteiger partial charge in [0.1, 0.15) is 0 Å². The third kappa shape index (κ3) is 4.63. The minimum absolute atomic E-state index is 0.0255. The summed E-state index contributed by atoms with van der Waals surface area (Å²) in [5, 5.41) is 9.61. The molecule has 0 spiro atoms. The summed E-state index contributed by atoms with van der Waals surface area (Å²) in [5.41, 5.74) is 0.134. The number of H-pyrrole nitrogens is 1. The highest BCUT2D eigenvalue weighted by atomic mass is 32.2. The molecule has 2 aromatic carbocycles. The fraction of sp³-hybridized carbons (Fsp3) is 0.118. The second kappa shape index (κ2) is 7.61. The minimum Gasteiger partial charge on any atom is -0.325 e. The van der Waals surface area contributed by atoms with Gasteiger partial charge in [0, 0.05) is 11.3 Å². The number of hydrogen-bond donors (Lipinski definition) is 2. The summed E-state index contributed by atoms with van der Waals surface area (Å²) < 4.78 is 38.0. The number of aromatic amines is 1. The molecule has 0 bridgehead atoms. The number of halogens is 3. The zero-order valence-electron chi connectivity index (χ0n) is 13.2. The van der Waals surface area contributed by atoms with Crippen LogP contribution in [0.5, 0.6) is 0 Å². The Hall–Kier alpha value is -2.81. The highest BCUT2D eigenvalue weighted by molar-refractivity contribution is 7.99. The molecule has 0 aliphatic carbocycles. The summed E-state index contributed by atoms with van der Waals surface area (Å²) in [6.45, 7) is 0. The first-order valence-electron chi connectivity index (χ1n) is 7.49. The molecule has 3 rings (SSSR count). The van der Waals surface area contributed by atoms with Crippen LogP contribution >= 0.6 is 11.8 Å². The maximum absolute atomic E-state index is 12.7. The molecule has 3 aromatic rings. The number of carbonyl (C=O) groups is 1. The van der Waals surface area contributed by atoms with Gasteiger partial charge in [-0.2, -0.15) is 13.2 Å². The number of rotatable bonds is 5. The Bertz CT molecular complexity index is 896. The van der Waals surface area contributed by atoms with E-state index in [0.29, 0.717) is 11.0 Å². The lowest BCUT2D eigenvalue weighted by molar-refractivity contribution is -0.137. The third-order valence-electron chi connectivity index (χ3n) is 3.32. The Kier molecular flexibility index (Phi) is 5.27. The van der Waals surface area contributed by atoms with E-state index in [1.165, 1.54) is 12.1 Å². The number of amides is 1. The maximum Gasteiger partial charge on any atom is 0.416 e. The van der Waals surface area contributed by atoms with Crippen LogP contribution in [0.25, 0.3) is 11.4 Å². The lowest BCUT2D eigenvalue weighted by atomic mass is 10.2. The van der Waals surface area contributed by atoms with Gasteiger partial charge >= 0.3 is 6.18 Å². The van der Waals surface area contributed by atoms with Gasteiger partial charge in [-0.15, -0.1) is 5.10 Å². The number of anilines is 1. The summed E-state index contributed by atoms with van der Waals surface area (Å²) in [6.07, 6.45) is -4.46. The van der Waals surface area contributed by atoms with E-state index in [1.54, 1.807) is 0 Å². The number of carbonyl (C=O) groups excluding carboxylic acids is 1. The number of hydrogen-bond acceptors (Lipinski definition) is 4. The number of alkyl halides is 3. The van der Waals surface area contributed by atoms with Gasteiger partial charge in [-0.25, -0.2) is 4.98 Å². The van der Waals surface area contributed by atoms with Gasteiger partial charge in [0.05, 0.1) is 11.3 Å². The molecule has 9 heteroatoms. The first-order chi connectivity index (χ1) is 12.4.